The number of benzene rings is 1. The van der Waals surface area contributed by atoms with Gasteiger partial charge in [0, 0.05) is 17.7 Å². The molecule has 0 aliphatic heterocycles. The van der Waals surface area contributed by atoms with Crippen LogP contribution in [0, 0.1) is 13.8 Å². The molecule has 1 aliphatic carbocycles. The molecule has 8 heteroatoms. The van der Waals surface area contributed by atoms with Gasteiger partial charge >= 0.3 is 6.18 Å². The second-order valence-corrected chi connectivity index (χ2v) is 6.83. The maximum Gasteiger partial charge on any atom is 0.416 e. The minimum Gasteiger partial charge on any atom is -0.347 e. The Morgan fingerprint density at radius 3 is 2.63 bits per heavy atom. The first-order valence-electron chi connectivity index (χ1n) is 8.73. The number of hydrogen-bond acceptors (Lipinski definition) is 3. The number of rotatable bonds is 3. The third-order valence-corrected chi connectivity index (χ3v) is 5.05. The summed E-state index contributed by atoms with van der Waals surface area (Å²) in [5, 5.41) is 2.72. The lowest BCUT2D eigenvalue weighted by molar-refractivity contribution is -0.138. The number of amides is 1. The zero-order valence-electron chi connectivity index (χ0n) is 15.0. The molecule has 1 amide bonds. The van der Waals surface area contributed by atoms with E-state index in [1.165, 1.54) is 12.1 Å². The van der Waals surface area contributed by atoms with Gasteiger partial charge in [-0.2, -0.15) is 13.2 Å². The number of aromatic amines is 1. The highest BCUT2D eigenvalue weighted by molar-refractivity contribution is 5.92. The summed E-state index contributed by atoms with van der Waals surface area (Å²) in [5.74, 6) is -1.13. The number of carbonyl (C=O) groups excluding carboxylic acids is 1. The molecular weight excluding hydrogens is 359 g/mol. The second-order valence-electron chi connectivity index (χ2n) is 6.83. The molecule has 1 aromatic heterocycles. The predicted molar refractivity (Wildman–Crippen MR) is 93.6 cm³/mol. The summed E-state index contributed by atoms with van der Waals surface area (Å²) in [7, 11) is 0. The lowest BCUT2D eigenvalue weighted by Crippen LogP contribution is -2.40. The Hall–Kier alpha value is -2.64. The number of alkyl halides is 3. The molecule has 1 saturated carbocycles. The van der Waals surface area contributed by atoms with Crippen LogP contribution in [0.15, 0.2) is 29.1 Å². The lowest BCUT2D eigenvalue weighted by Gasteiger charge is -2.24. The Labute approximate surface area is 154 Å². The predicted octanol–water partition coefficient (Wildman–Crippen LogP) is 3.47. The highest BCUT2D eigenvalue weighted by Gasteiger charge is 2.39. The van der Waals surface area contributed by atoms with Crippen molar-refractivity contribution in [3.05, 3.63) is 62.8 Å². The van der Waals surface area contributed by atoms with Crippen LogP contribution in [0.25, 0.3) is 0 Å². The van der Waals surface area contributed by atoms with E-state index < -0.39 is 35.2 Å². The van der Waals surface area contributed by atoms with Crippen LogP contribution in [0.4, 0.5) is 13.2 Å². The van der Waals surface area contributed by atoms with Crippen molar-refractivity contribution in [2.45, 2.75) is 51.2 Å². The summed E-state index contributed by atoms with van der Waals surface area (Å²) in [5.41, 5.74) is -0.304. The number of carbonyl (C=O) groups is 1. The van der Waals surface area contributed by atoms with E-state index in [2.05, 4.69) is 15.3 Å². The fourth-order valence-electron chi connectivity index (χ4n) is 3.60. The van der Waals surface area contributed by atoms with Crippen LogP contribution in [0.3, 0.4) is 0 Å². The van der Waals surface area contributed by atoms with Gasteiger partial charge in [-0.25, -0.2) is 4.98 Å². The van der Waals surface area contributed by atoms with E-state index in [0.29, 0.717) is 30.7 Å². The molecule has 1 aromatic carbocycles. The summed E-state index contributed by atoms with van der Waals surface area (Å²) in [4.78, 5) is 31.1. The smallest absolute Gasteiger partial charge is 0.347 e. The second kappa shape index (κ2) is 7.17. The minimum atomic E-state index is -4.46. The quantitative estimate of drug-likeness (QED) is 0.858. The third kappa shape index (κ3) is 3.89. The van der Waals surface area contributed by atoms with E-state index >= 15 is 0 Å². The number of halogens is 3. The van der Waals surface area contributed by atoms with Crippen LogP contribution in [0.2, 0.25) is 0 Å². The van der Waals surface area contributed by atoms with Gasteiger partial charge in [0.15, 0.2) is 5.69 Å². The first-order chi connectivity index (χ1) is 12.7. The molecule has 3 rings (SSSR count). The number of aromatic nitrogens is 2. The number of aryl methyl sites for hydroxylation is 2. The topological polar surface area (TPSA) is 74.8 Å². The number of hydrogen-bond donors (Lipinski definition) is 2. The Kier molecular flexibility index (Phi) is 5.08. The maximum absolute atomic E-state index is 13.3. The highest BCUT2D eigenvalue weighted by atomic mass is 19.4. The van der Waals surface area contributed by atoms with Gasteiger partial charge in [0.25, 0.3) is 11.5 Å². The first kappa shape index (κ1) is 19.1. The molecule has 2 aromatic rings. The van der Waals surface area contributed by atoms with Crippen molar-refractivity contribution in [2.24, 2.45) is 0 Å². The monoisotopic (exact) mass is 379 g/mol. The van der Waals surface area contributed by atoms with E-state index in [4.69, 9.17) is 0 Å². The minimum absolute atomic E-state index is 0.176. The normalized spacial score (nSPS) is 19.9. The van der Waals surface area contributed by atoms with Crippen LogP contribution < -0.4 is 10.9 Å². The number of nitrogens with zero attached hydrogens (tertiary/aromatic N) is 1. The molecule has 2 atom stereocenters. The van der Waals surface area contributed by atoms with E-state index in [1.54, 1.807) is 19.9 Å². The van der Waals surface area contributed by atoms with Crippen molar-refractivity contribution in [2.75, 3.05) is 0 Å². The van der Waals surface area contributed by atoms with Crippen molar-refractivity contribution in [1.82, 2.24) is 15.3 Å². The van der Waals surface area contributed by atoms with Gasteiger partial charge in [0.05, 0.1) is 11.3 Å². The van der Waals surface area contributed by atoms with Crippen molar-refractivity contribution in [1.29, 1.82) is 0 Å². The number of H-pyrrole nitrogens is 1. The largest absolute Gasteiger partial charge is 0.416 e. The fraction of sp³-hybridized carbons (Fsp3) is 0.421. The number of nitrogens with one attached hydrogen (secondary N) is 2. The molecule has 1 heterocycles. The van der Waals surface area contributed by atoms with E-state index in [9.17, 15) is 22.8 Å². The van der Waals surface area contributed by atoms with Gasteiger partial charge in [-0.3, -0.25) is 9.59 Å². The molecular formula is C19H20F3N3O2. The lowest BCUT2D eigenvalue weighted by atomic mass is 9.89. The van der Waals surface area contributed by atoms with Gasteiger partial charge < -0.3 is 10.3 Å². The molecule has 1 aliphatic rings. The highest BCUT2D eigenvalue weighted by Crippen LogP contribution is 2.41. The van der Waals surface area contributed by atoms with Gasteiger partial charge in [-0.15, -0.1) is 0 Å². The first-order valence-corrected chi connectivity index (χ1v) is 8.73. The third-order valence-electron chi connectivity index (χ3n) is 5.05. The van der Waals surface area contributed by atoms with Crippen molar-refractivity contribution < 1.29 is 18.0 Å². The molecule has 0 bridgehead atoms. The Morgan fingerprint density at radius 2 is 1.93 bits per heavy atom. The molecule has 0 spiro atoms. The van der Waals surface area contributed by atoms with E-state index in [0.717, 1.165) is 6.07 Å². The van der Waals surface area contributed by atoms with Gasteiger partial charge in [-0.1, -0.05) is 24.6 Å². The van der Waals surface area contributed by atoms with Crippen LogP contribution in [-0.2, 0) is 6.18 Å². The van der Waals surface area contributed by atoms with Crippen molar-refractivity contribution in [3.63, 3.8) is 0 Å². The fourth-order valence-corrected chi connectivity index (χ4v) is 3.60. The molecule has 0 unspecified atom stereocenters. The average Bonchev–Trinajstić information content (AvgIpc) is 3.05. The molecule has 0 radical (unpaired) electrons. The average molecular weight is 379 g/mol. The summed E-state index contributed by atoms with van der Waals surface area (Å²) in [6.45, 7) is 3.34. The van der Waals surface area contributed by atoms with Crippen LogP contribution >= 0.6 is 0 Å². The molecule has 144 valence electrons. The molecule has 0 saturated heterocycles. The standard InChI is InChI=1S/C19H20F3N3O2/c1-10-11(2)24-17(26)16(23-10)18(27)25-15-9-5-7-13(15)12-6-3-4-8-14(12)19(20,21)22/h3-4,6,8,13,15H,5,7,9H2,1-2H3,(H,24,26)(H,25,27)/t13-,15+/m1/s1. The summed E-state index contributed by atoms with van der Waals surface area (Å²) < 4.78 is 40.0. The van der Waals surface area contributed by atoms with Crippen molar-refractivity contribution in [3.8, 4) is 0 Å². The summed E-state index contributed by atoms with van der Waals surface area (Å²) in [6, 6.07) is 4.95. The van der Waals surface area contributed by atoms with Gasteiger partial charge in [-0.05, 0) is 38.3 Å². The van der Waals surface area contributed by atoms with E-state index in [-0.39, 0.29) is 11.3 Å². The molecule has 5 nitrogen and oxygen atoms in total. The van der Waals surface area contributed by atoms with Crippen molar-refractivity contribution >= 4 is 5.91 Å². The summed E-state index contributed by atoms with van der Waals surface area (Å²) >= 11 is 0. The Morgan fingerprint density at radius 1 is 1.22 bits per heavy atom. The zero-order valence-corrected chi connectivity index (χ0v) is 15.0. The van der Waals surface area contributed by atoms with Crippen LogP contribution in [-0.4, -0.2) is 21.9 Å². The SMILES string of the molecule is Cc1nc(C(=O)N[C@H]2CCC[C@@H]2c2ccccc2C(F)(F)F)c(=O)[nH]c1C. The van der Waals surface area contributed by atoms with Gasteiger partial charge in [0.2, 0.25) is 0 Å². The van der Waals surface area contributed by atoms with Gasteiger partial charge in [0.1, 0.15) is 0 Å². The summed E-state index contributed by atoms with van der Waals surface area (Å²) in [6.07, 6.45) is -2.68. The maximum atomic E-state index is 13.3. The Balaban J connectivity index is 1.88. The molecule has 27 heavy (non-hydrogen) atoms. The van der Waals surface area contributed by atoms with Crippen LogP contribution in [0.5, 0.6) is 0 Å². The molecule has 2 N–H and O–H groups in total. The molecule has 1 fully saturated rings. The zero-order chi connectivity index (χ0) is 19.8. The van der Waals surface area contributed by atoms with E-state index in [1.807, 2.05) is 0 Å². The Bertz CT molecular complexity index is 921. The van der Waals surface area contributed by atoms with Crippen LogP contribution in [0.1, 0.15) is 58.2 Å².